The Bertz CT molecular complexity index is 846. The number of benzene rings is 1. The van der Waals surface area contributed by atoms with E-state index in [-0.39, 0.29) is 11.2 Å². The van der Waals surface area contributed by atoms with Gasteiger partial charge in [-0.3, -0.25) is 9.36 Å². The fourth-order valence-corrected chi connectivity index (χ4v) is 4.06. The molecule has 1 aromatic heterocycles. The maximum Gasteiger partial charge on any atom is 0.237 e. The topological polar surface area (TPSA) is 72.3 Å². The lowest BCUT2D eigenvalue weighted by Gasteiger charge is -2.28. The number of amides is 1. The summed E-state index contributed by atoms with van der Waals surface area (Å²) in [7, 11) is 0. The summed E-state index contributed by atoms with van der Waals surface area (Å²) in [5.41, 5.74) is 3.04. The Morgan fingerprint density at radius 3 is 2.62 bits per heavy atom. The molecule has 7 nitrogen and oxygen atoms in total. The van der Waals surface area contributed by atoms with Crippen LogP contribution in [-0.4, -0.2) is 52.2 Å². The van der Waals surface area contributed by atoms with Gasteiger partial charge in [-0.05, 0) is 43.9 Å². The second-order valence-corrected chi connectivity index (χ2v) is 9.26. The minimum absolute atomic E-state index is 0.0317. The summed E-state index contributed by atoms with van der Waals surface area (Å²) in [4.78, 5) is 15.0. The molecule has 1 saturated heterocycles. The van der Waals surface area contributed by atoms with Crippen LogP contribution in [0, 0.1) is 19.8 Å². The van der Waals surface area contributed by atoms with Crippen LogP contribution in [0.15, 0.2) is 23.4 Å². The fourth-order valence-electron chi connectivity index (χ4n) is 3.21. The number of aromatic nitrogens is 3. The molecule has 0 spiro atoms. The van der Waals surface area contributed by atoms with Crippen LogP contribution >= 0.6 is 11.8 Å². The van der Waals surface area contributed by atoms with Gasteiger partial charge in [-0.1, -0.05) is 37.7 Å². The van der Waals surface area contributed by atoms with Crippen molar-refractivity contribution in [1.29, 1.82) is 0 Å². The second kappa shape index (κ2) is 9.63. The highest BCUT2D eigenvalue weighted by Crippen LogP contribution is 2.28. The van der Waals surface area contributed by atoms with Gasteiger partial charge in [0, 0.05) is 25.3 Å². The standard InChI is InChI=1S/C21H31N5O2S/c1-14(2)13-26-20(25-8-10-28-11-9-25)23-24-21(26)29-17(5)19(27)22-18-12-15(3)6-7-16(18)4/h6-7,12,14,17H,8-11,13H2,1-5H3,(H,22,27)/t17-/m0/s1. The largest absolute Gasteiger partial charge is 0.378 e. The minimum atomic E-state index is -0.289. The first-order valence-electron chi connectivity index (χ1n) is 10.2. The van der Waals surface area contributed by atoms with Crippen LogP contribution in [0.5, 0.6) is 0 Å². The third-order valence-electron chi connectivity index (χ3n) is 4.84. The van der Waals surface area contributed by atoms with E-state index < -0.39 is 0 Å². The van der Waals surface area contributed by atoms with Crippen molar-refractivity contribution in [2.45, 2.75) is 51.6 Å². The van der Waals surface area contributed by atoms with Crippen LogP contribution < -0.4 is 10.2 Å². The lowest BCUT2D eigenvalue weighted by atomic mass is 10.1. The van der Waals surface area contributed by atoms with Crippen molar-refractivity contribution < 1.29 is 9.53 Å². The van der Waals surface area contributed by atoms with Crippen molar-refractivity contribution >= 4 is 29.3 Å². The number of nitrogens with one attached hydrogen (secondary N) is 1. The summed E-state index contributed by atoms with van der Waals surface area (Å²) in [5.74, 6) is 1.28. The van der Waals surface area contributed by atoms with Gasteiger partial charge in [0.15, 0.2) is 5.16 Å². The molecule has 1 amide bonds. The van der Waals surface area contributed by atoms with E-state index in [4.69, 9.17) is 4.74 Å². The van der Waals surface area contributed by atoms with E-state index in [0.29, 0.717) is 19.1 Å². The van der Waals surface area contributed by atoms with E-state index in [1.54, 1.807) is 0 Å². The Balaban J connectivity index is 1.74. The molecule has 0 radical (unpaired) electrons. The number of rotatable bonds is 7. The fraction of sp³-hybridized carbons (Fsp3) is 0.571. The number of thioether (sulfide) groups is 1. The zero-order valence-corrected chi connectivity index (χ0v) is 18.8. The van der Waals surface area contributed by atoms with Crippen LogP contribution in [0.1, 0.15) is 31.9 Å². The Labute approximate surface area is 177 Å². The molecule has 1 aliphatic rings. The first-order chi connectivity index (χ1) is 13.8. The van der Waals surface area contributed by atoms with Gasteiger partial charge < -0.3 is 15.0 Å². The predicted octanol–water partition coefficient (Wildman–Crippen LogP) is 3.51. The normalized spacial score (nSPS) is 15.6. The van der Waals surface area contributed by atoms with Crippen LogP contribution in [-0.2, 0) is 16.1 Å². The number of ether oxygens (including phenoxy) is 1. The summed E-state index contributed by atoms with van der Waals surface area (Å²) >= 11 is 1.45. The highest BCUT2D eigenvalue weighted by Gasteiger charge is 2.24. The Kier molecular flexibility index (Phi) is 7.18. The van der Waals surface area contributed by atoms with E-state index in [2.05, 4.69) is 38.8 Å². The number of nitrogens with zero attached hydrogens (tertiary/aromatic N) is 4. The summed E-state index contributed by atoms with van der Waals surface area (Å²) in [6.07, 6.45) is 0. The molecule has 0 saturated carbocycles. The molecule has 0 aliphatic carbocycles. The van der Waals surface area contributed by atoms with Gasteiger partial charge in [-0.25, -0.2) is 0 Å². The van der Waals surface area contributed by atoms with Gasteiger partial charge in [0.2, 0.25) is 11.9 Å². The van der Waals surface area contributed by atoms with Crippen molar-refractivity contribution in [3.8, 4) is 0 Å². The lowest BCUT2D eigenvalue weighted by molar-refractivity contribution is -0.115. The van der Waals surface area contributed by atoms with Gasteiger partial charge in [0.1, 0.15) is 0 Å². The van der Waals surface area contributed by atoms with Crippen molar-refractivity contribution in [1.82, 2.24) is 14.8 Å². The van der Waals surface area contributed by atoms with E-state index in [0.717, 1.165) is 47.6 Å². The van der Waals surface area contributed by atoms with Crippen molar-refractivity contribution in [3.63, 3.8) is 0 Å². The second-order valence-electron chi connectivity index (χ2n) is 7.95. The highest BCUT2D eigenvalue weighted by atomic mass is 32.2. The van der Waals surface area contributed by atoms with Gasteiger partial charge in [0.05, 0.1) is 18.5 Å². The third kappa shape index (κ3) is 5.51. The van der Waals surface area contributed by atoms with Crippen molar-refractivity contribution in [3.05, 3.63) is 29.3 Å². The van der Waals surface area contributed by atoms with Crippen LogP contribution in [0.2, 0.25) is 0 Å². The molecule has 1 N–H and O–H groups in total. The molecule has 0 bridgehead atoms. The average molecular weight is 418 g/mol. The quantitative estimate of drug-likeness (QED) is 0.695. The molecule has 2 aromatic rings. The molecule has 1 aromatic carbocycles. The van der Waals surface area contributed by atoms with Gasteiger partial charge >= 0.3 is 0 Å². The molecule has 29 heavy (non-hydrogen) atoms. The number of hydrogen-bond donors (Lipinski definition) is 1. The van der Waals surface area contributed by atoms with E-state index in [9.17, 15) is 4.79 Å². The first kappa shape index (κ1) is 21.6. The zero-order chi connectivity index (χ0) is 21.0. The number of morpholine rings is 1. The van der Waals surface area contributed by atoms with E-state index in [1.807, 2.05) is 39.0 Å². The molecule has 2 heterocycles. The highest BCUT2D eigenvalue weighted by molar-refractivity contribution is 8.00. The Morgan fingerprint density at radius 1 is 1.21 bits per heavy atom. The van der Waals surface area contributed by atoms with Crippen LogP contribution in [0.3, 0.4) is 0 Å². The molecular weight excluding hydrogens is 386 g/mol. The molecule has 8 heteroatoms. The number of hydrogen-bond acceptors (Lipinski definition) is 6. The smallest absolute Gasteiger partial charge is 0.237 e. The van der Waals surface area contributed by atoms with E-state index >= 15 is 0 Å². The minimum Gasteiger partial charge on any atom is -0.378 e. The SMILES string of the molecule is Cc1ccc(C)c(NC(=O)[C@H](C)Sc2nnc(N3CCOCC3)n2CC(C)C)c1. The van der Waals surface area contributed by atoms with Gasteiger partial charge in [-0.15, -0.1) is 10.2 Å². The number of aryl methyl sites for hydroxylation is 2. The molecule has 0 unspecified atom stereocenters. The average Bonchev–Trinajstić information content (AvgIpc) is 3.07. The molecule has 158 valence electrons. The Morgan fingerprint density at radius 2 is 1.93 bits per heavy atom. The van der Waals surface area contributed by atoms with Gasteiger partial charge in [0.25, 0.3) is 0 Å². The first-order valence-corrected chi connectivity index (χ1v) is 11.0. The number of carbonyl (C=O) groups excluding carboxylic acids is 1. The predicted molar refractivity (Wildman–Crippen MR) is 118 cm³/mol. The maximum absolute atomic E-state index is 12.8. The van der Waals surface area contributed by atoms with Crippen LogP contribution in [0.25, 0.3) is 0 Å². The summed E-state index contributed by atoms with van der Waals surface area (Å²) in [6.45, 7) is 14.1. The lowest BCUT2D eigenvalue weighted by Crippen LogP contribution is -2.38. The summed E-state index contributed by atoms with van der Waals surface area (Å²) < 4.78 is 7.60. The monoisotopic (exact) mass is 417 g/mol. The molecule has 3 rings (SSSR count). The maximum atomic E-state index is 12.8. The van der Waals surface area contributed by atoms with Gasteiger partial charge in [-0.2, -0.15) is 0 Å². The van der Waals surface area contributed by atoms with Crippen molar-refractivity contribution in [2.75, 3.05) is 36.5 Å². The Hall–Kier alpha value is -2.06. The molecule has 1 aliphatic heterocycles. The molecule has 1 fully saturated rings. The summed E-state index contributed by atoms with van der Waals surface area (Å²) in [6, 6.07) is 6.07. The van der Waals surface area contributed by atoms with E-state index in [1.165, 1.54) is 11.8 Å². The van der Waals surface area contributed by atoms with Crippen molar-refractivity contribution in [2.24, 2.45) is 5.92 Å². The third-order valence-corrected chi connectivity index (χ3v) is 5.92. The number of anilines is 2. The zero-order valence-electron chi connectivity index (χ0n) is 17.9. The number of carbonyl (C=O) groups is 1. The summed E-state index contributed by atoms with van der Waals surface area (Å²) in [5, 5.41) is 12.4. The van der Waals surface area contributed by atoms with Crippen LogP contribution in [0.4, 0.5) is 11.6 Å². The molecular formula is C21H31N5O2S. The molecule has 1 atom stereocenters.